The summed E-state index contributed by atoms with van der Waals surface area (Å²) in [5, 5.41) is 3.11. The first kappa shape index (κ1) is 10.3. The Morgan fingerprint density at radius 1 is 1.40 bits per heavy atom. The maximum absolute atomic E-state index is 4.14. The zero-order valence-corrected chi connectivity index (χ0v) is 7.82. The van der Waals surface area contributed by atoms with Gasteiger partial charge in [-0.15, -0.1) is 0 Å². The molecule has 10 heavy (non-hydrogen) atoms. The van der Waals surface area contributed by atoms with Gasteiger partial charge in [0.1, 0.15) is 0 Å². The predicted molar refractivity (Wildman–Crippen MR) is 49.9 cm³/mol. The number of likely N-dealkylation sites (N-methyl/N-ethyl adjacent to an activating group) is 2. The zero-order valence-electron chi connectivity index (χ0n) is 6.93. The summed E-state index contributed by atoms with van der Waals surface area (Å²) in [7, 11) is 4.12. The standard InChI is InChI=1S/C7H18N2S/c1-8-4-6-9(2)5-3-7-10/h8,10H,3-7H2,1-2H3. The van der Waals surface area contributed by atoms with Gasteiger partial charge in [0.25, 0.3) is 0 Å². The Balaban J connectivity index is 3.00. The van der Waals surface area contributed by atoms with E-state index in [2.05, 4.69) is 29.9 Å². The van der Waals surface area contributed by atoms with Crippen molar-refractivity contribution in [3.05, 3.63) is 0 Å². The lowest BCUT2D eigenvalue weighted by atomic mass is 10.4. The lowest BCUT2D eigenvalue weighted by Crippen LogP contribution is -2.28. The summed E-state index contributed by atoms with van der Waals surface area (Å²) in [5.41, 5.74) is 0. The van der Waals surface area contributed by atoms with Crippen LogP contribution < -0.4 is 5.32 Å². The van der Waals surface area contributed by atoms with Crippen molar-refractivity contribution in [2.45, 2.75) is 6.42 Å². The smallest absolute Gasteiger partial charge is 0.0104 e. The highest BCUT2D eigenvalue weighted by molar-refractivity contribution is 7.80. The average Bonchev–Trinajstić information content (AvgIpc) is 1.97. The summed E-state index contributed by atoms with van der Waals surface area (Å²) in [6.45, 7) is 3.36. The van der Waals surface area contributed by atoms with Crippen LogP contribution in [-0.2, 0) is 0 Å². The fourth-order valence-corrected chi connectivity index (χ4v) is 0.897. The third-order valence-corrected chi connectivity index (χ3v) is 1.76. The molecule has 3 heteroatoms. The summed E-state index contributed by atoms with van der Waals surface area (Å²) < 4.78 is 0. The molecule has 0 spiro atoms. The Bertz CT molecular complexity index is 60.6. The van der Waals surface area contributed by atoms with E-state index in [-0.39, 0.29) is 0 Å². The molecule has 2 nitrogen and oxygen atoms in total. The quantitative estimate of drug-likeness (QED) is 0.552. The van der Waals surface area contributed by atoms with Crippen LogP contribution >= 0.6 is 12.6 Å². The van der Waals surface area contributed by atoms with Crippen molar-refractivity contribution in [1.29, 1.82) is 0 Å². The van der Waals surface area contributed by atoms with Crippen molar-refractivity contribution in [2.24, 2.45) is 0 Å². The van der Waals surface area contributed by atoms with Crippen LogP contribution in [0.5, 0.6) is 0 Å². The molecule has 0 aliphatic rings. The molecule has 0 rings (SSSR count). The number of thiol groups is 1. The predicted octanol–water partition coefficient (Wildman–Crippen LogP) is 0.458. The van der Waals surface area contributed by atoms with Crippen LogP contribution in [0.25, 0.3) is 0 Å². The van der Waals surface area contributed by atoms with Crippen molar-refractivity contribution in [2.75, 3.05) is 39.5 Å². The van der Waals surface area contributed by atoms with Crippen LogP contribution in [0.15, 0.2) is 0 Å². The van der Waals surface area contributed by atoms with Gasteiger partial charge in [0, 0.05) is 13.1 Å². The lowest BCUT2D eigenvalue weighted by Gasteiger charge is -2.14. The SMILES string of the molecule is CNCCN(C)CCCS. The Morgan fingerprint density at radius 3 is 2.60 bits per heavy atom. The van der Waals surface area contributed by atoms with Gasteiger partial charge in [-0.2, -0.15) is 12.6 Å². The third-order valence-electron chi connectivity index (χ3n) is 1.44. The third kappa shape index (κ3) is 6.39. The van der Waals surface area contributed by atoms with Crippen molar-refractivity contribution >= 4 is 12.6 Å². The van der Waals surface area contributed by atoms with E-state index in [1.54, 1.807) is 0 Å². The molecule has 0 fully saturated rings. The van der Waals surface area contributed by atoms with Crippen molar-refractivity contribution in [3.8, 4) is 0 Å². The monoisotopic (exact) mass is 162 g/mol. The topological polar surface area (TPSA) is 15.3 Å². The first-order valence-electron chi connectivity index (χ1n) is 3.75. The van der Waals surface area contributed by atoms with E-state index >= 15 is 0 Å². The van der Waals surface area contributed by atoms with E-state index in [4.69, 9.17) is 0 Å². The fraction of sp³-hybridized carbons (Fsp3) is 1.00. The molecule has 0 unspecified atom stereocenters. The summed E-state index contributed by atoms with van der Waals surface area (Å²) in [5.74, 6) is 0.990. The molecule has 0 saturated heterocycles. The van der Waals surface area contributed by atoms with Gasteiger partial charge in [0.2, 0.25) is 0 Å². The van der Waals surface area contributed by atoms with Gasteiger partial charge in [-0.05, 0) is 32.8 Å². The van der Waals surface area contributed by atoms with Crippen LogP contribution in [0.2, 0.25) is 0 Å². The van der Waals surface area contributed by atoms with Crippen molar-refractivity contribution in [3.63, 3.8) is 0 Å². The average molecular weight is 162 g/mol. The number of hydrogen-bond acceptors (Lipinski definition) is 3. The molecule has 0 aromatic heterocycles. The lowest BCUT2D eigenvalue weighted by molar-refractivity contribution is 0.337. The van der Waals surface area contributed by atoms with Gasteiger partial charge >= 0.3 is 0 Å². The van der Waals surface area contributed by atoms with Gasteiger partial charge in [0.05, 0.1) is 0 Å². The molecule has 0 radical (unpaired) electrons. The molecule has 0 aromatic rings. The normalized spacial score (nSPS) is 10.8. The second-order valence-corrected chi connectivity index (χ2v) is 2.93. The minimum absolute atomic E-state index is 0.990. The highest BCUT2D eigenvalue weighted by Gasteiger charge is 1.94. The van der Waals surface area contributed by atoms with Gasteiger partial charge in [-0.1, -0.05) is 0 Å². The van der Waals surface area contributed by atoms with Crippen LogP contribution in [0.3, 0.4) is 0 Å². The number of rotatable bonds is 6. The first-order valence-corrected chi connectivity index (χ1v) is 4.38. The van der Waals surface area contributed by atoms with E-state index < -0.39 is 0 Å². The van der Waals surface area contributed by atoms with Crippen LogP contribution in [-0.4, -0.2) is 44.4 Å². The molecule has 0 aliphatic heterocycles. The first-order chi connectivity index (χ1) is 4.81. The molecular formula is C7H18N2S. The molecule has 0 aliphatic carbocycles. The molecular weight excluding hydrogens is 144 g/mol. The molecule has 1 N–H and O–H groups in total. The molecule has 62 valence electrons. The second kappa shape index (κ2) is 7.38. The Hall–Kier alpha value is 0.270. The number of nitrogens with zero attached hydrogens (tertiary/aromatic N) is 1. The molecule has 0 bridgehead atoms. The maximum atomic E-state index is 4.14. The van der Waals surface area contributed by atoms with Crippen LogP contribution in [0.4, 0.5) is 0 Å². The summed E-state index contributed by atoms with van der Waals surface area (Å²) in [4.78, 5) is 2.31. The van der Waals surface area contributed by atoms with Gasteiger partial charge in [0.15, 0.2) is 0 Å². The second-order valence-electron chi connectivity index (χ2n) is 2.48. The highest BCUT2D eigenvalue weighted by atomic mass is 32.1. The van der Waals surface area contributed by atoms with E-state index in [1.807, 2.05) is 7.05 Å². The largest absolute Gasteiger partial charge is 0.318 e. The molecule has 0 saturated carbocycles. The summed E-state index contributed by atoms with van der Waals surface area (Å²) in [6.07, 6.45) is 1.18. The summed E-state index contributed by atoms with van der Waals surface area (Å²) >= 11 is 4.14. The highest BCUT2D eigenvalue weighted by Crippen LogP contribution is 1.87. The van der Waals surface area contributed by atoms with Crippen LogP contribution in [0, 0.1) is 0 Å². The molecule has 0 amide bonds. The van der Waals surface area contributed by atoms with E-state index in [0.29, 0.717) is 0 Å². The van der Waals surface area contributed by atoms with E-state index in [1.165, 1.54) is 6.42 Å². The molecule has 0 heterocycles. The zero-order chi connectivity index (χ0) is 7.82. The number of nitrogens with one attached hydrogen (secondary N) is 1. The van der Waals surface area contributed by atoms with Crippen molar-refractivity contribution < 1.29 is 0 Å². The van der Waals surface area contributed by atoms with Gasteiger partial charge in [-0.3, -0.25) is 0 Å². The van der Waals surface area contributed by atoms with E-state index in [0.717, 1.165) is 25.4 Å². The number of hydrogen-bond donors (Lipinski definition) is 2. The fourth-order valence-electron chi connectivity index (χ4n) is 0.755. The maximum Gasteiger partial charge on any atom is 0.0104 e. The Labute approximate surface area is 69.4 Å². The molecule has 0 aromatic carbocycles. The van der Waals surface area contributed by atoms with Crippen molar-refractivity contribution in [1.82, 2.24) is 10.2 Å². The van der Waals surface area contributed by atoms with Gasteiger partial charge in [-0.25, -0.2) is 0 Å². The van der Waals surface area contributed by atoms with E-state index in [9.17, 15) is 0 Å². The minimum Gasteiger partial charge on any atom is -0.318 e. The van der Waals surface area contributed by atoms with Gasteiger partial charge < -0.3 is 10.2 Å². The molecule has 0 atom stereocenters. The minimum atomic E-state index is 0.990. The Kier molecular flexibility index (Phi) is 7.58. The Morgan fingerprint density at radius 2 is 2.10 bits per heavy atom. The van der Waals surface area contributed by atoms with Crippen LogP contribution in [0.1, 0.15) is 6.42 Å². The summed E-state index contributed by atoms with van der Waals surface area (Å²) in [6, 6.07) is 0.